The molecule has 3 aliphatic rings. The van der Waals surface area contributed by atoms with Crippen LogP contribution in [0.3, 0.4) is 0 Å². The van der Waals surface area contributed by atoms with Crippen LogP contribution >= 0.6 is 11.8 Å². The summed E-state index contributed by atoms with van der Waals surface area (Å²) in [5.41, 5.74) is 3.70. The summed E-state index contributed by atoms with van der Waals surface area (Å²) < 4.78 is 16.2. The molecule has 1 spiro atoms. The molecule has 1 atom stereocenters. The first-order valence-corrected chi connectivity index (χ1v) is 12.1. The zero-order valence-corrected chi connectivity index (χ0v) is 19.2. The van der Waals surface area contributed by atoms with Crippen molar-refractivity contribution in [3.63, 3.8) is 0 Å². The molecule has 0 saturated heterocycles. The van der Waals surface area contributed by atoms with Crippen LogP contribution in [0.2, 0.25) is 0 Å². The number of nitrogens with zero attached hydrogens (tertiary/aromatic N) is 2. The minimum absolute atomic E-state index is 0.0535. The molecule has 0 radical (unpaired) electrons. The number of benzene rings is 2. The maximum absolute atomic E-state index is 14.6. The number of rotatable bonds is 1. The molecular formula is C26H23FN2O3S. The molecule has 1 fully saturated rings. The number of Topliss-reactive ketones (excluding diaryl/α,β-unsaturated/α-hetero) is 1. The van der Waals surface area contributed by atoms with Gasteiger partial charge in [-0.1, -0.05) is 24.3 Å². The Morgan fingerprint density at radius 2 is 1.88 bits per heavy atom. The first-order valence-electron chi connectivity index (χ1n) is 11.1. The zero-order chi connectivity index (χ0) is 23.1. The monoisotopic (exact) mass is 462 g/mol. The van der Waals surface area contributed by atoms with E-state index in [0.717, 1.165) is 40.0 Å². The van der Waals surface area contributed by atoms with Crippen LogP contribution in [0.4, 0.5) is 4.39 Å². The third-order valence-corrected chi connectivity index (χ3v) is 8.68. The lowest BCUT2D eigenvalue weighted by atomic mass is 9.88. The fourth-order valence-electron chi connectivity index (χ4n) is 5.32. The number of fused-ring (bicyclic) bond motifs is 3. The predicted molar refractivity (Wildman–Crippen MR) is 125 cm³/mol. The molecule has 5 nitrogen and oxygen atoms in total. The Hall–Kier alpha value is -3.06. The van der Waals surface area contributed by atoms with E-state index in [4.69, 9.17) is 0 Å². The largest absolute Gasteiger partial charge is 0.503 e. The lowest BCUT2D eigenvalue weighted by Gasteiger charge is -2.43. The highest BCUT2D eigenvalue weighted by molar-refractivity contribution is 7.98. The molecule has 1 saturated carbocycles. The van der Waals surface area contributed by atoms with E-state index in [0.29, 0.717) is 17.9 Å². The van der Waals surface area contributed by atoms with Crippen molar-refractivity contribution in [3.05, 3.63) is 92.1 Å². The normalized spacial score (nSPS) is 20.2. The van der Waals surface area contributed by atoms with Crippen LogP contribution in [0.1, 0.15) is 57.2 Å². The van der Waals surface area contributed by atoms with Gasteiger partial charge >= 0.3 is 0 Å². The fraction of sp³-hybridized carbons (Fsp3) is 0.308. The Bertz CT molecular complexity index is 1410. The Kier molecular flexibility index (Phi) is 4.34. The molecule has 1 unspecified atom stereocenters. The van der Waals surface area contributed by atoms with E-state index in [-0.39, 0.29) is 23.3 Å². The van der Waals surface area contributed by atoms with E-state index in [1.807, 2.05) is 19.1 Å². The maximum Gasteiger partial charge on any atom is 0.224 e. The molecule has 3 heterocycles. The van der Waals surface area contributed by atoms with Gasteiger partial charge < -0.3 is 5.11 Å². The van der Waals surface area contributed by atoms with Gasteiger partial charge in [-0.05, 0) is 60.6 Å². The van der Waals surface area contributed by atoms with Crippen LogP contribution in [0.5, 0.6) is 5.75 Å². The van der Waals surface area contributed by atoms with E-state index < -0.39 is 16.6 Å². The van der Waals surface area contributed by atoms with Gasteiger partial charge in [0.2, 0.25) is 5.43 Å². The van der Waals surface area contributed by atoms with Crippen molar-refractivity contribution in [2.75, 3.05) is 11.6 Å². The van der Waals surface area contributed by atoms with Crippen LogP contribution in [0, 0.1) is 25.1 Å². The second-order valence-corrected chi connectivity index (χ2v) is 10.3. The van der Waals surface area contributed by atoms with Gasteiger partial charge in [0, 0.05) is 29.5 Å². The lowest BCUT2D eigenvalue weighted by molar-refractivity contribution is 0.0856. The minimum atomic E-state index is -0.593. The van der Waals surface area contributed by atoms with Crippen molar-refractivity contribution in [1.82, 2.24) is 4.68 Å². The minimum Gasteiger partial charge on any atom is -0.503 e. The number of carbonyl (C=O) groups is 1. The first-order chi connectivity index (χ1) is 15.8. The SMILES string of the molecule is Cc1cccc2c1SCc1c(ccc(F)c1C)C2N1CC2(CC2)C(=O)c2c(O)c(=O)ccn21. The van der Waals surface area contributed by atoms with Crippen molar-refractivity contribution < 1.29 is 14.3 Å². The molecule has 168 valence electrons. The summed E-state index contributed by atoms with van der Waals surface area (Å²) in [6, 6.07) is 10.5. The number of pyridine rings is 1. The van der Waals surface area contributed by atoms with E-state index in [1.54, 1.807) is 22.6 Å². The Labute approximate surface area is 194 Å². The molecule has 1 aromatic heterocycles. The van der Waals surface area contributed by atoms with Gasteiger partial charge in [-0.2, -0.15) is 0 Å². The van der Waals surface area contributed by atoms with E-state index >= 15 is 0 Å². The molecule has 1 N–H and O–H groups in total. The van der Waals surface area contributed by atoms with Crippen LogP contribution in [0.15, 0.2) is 52.3 Å². The highest BCUT2D eigenvalue weighted by Crippen LogP contribution is 2.54. The molecule has 0 bridgehead atoms. The second-order valence-electron chi connectivity index (χ2n) is 9.35. The third kappa shape index (κ3) is 2.84. The maximum atomic E-state index is 14.6. The van der Waals surface area contributed by atoms with Gasteiger partial charge in [-0.15, -0.1) is 11.8 Å². The summed E-state index contributed by atoms with van der Waals surface area (Å²) in [5.74, 6) is -0.253. The van der Waals surface area contributed by atoms with E-state index in [2.05, 4.69) is 24.1 Å². The van der Waals surface area contributed by atoms with Crippen molar-refractivity contribution in [1.29, 1.82) is 0 Å². The van der Waals surface area contributed by atoms with Crippen LogP contribution in [-0.2, 0) is 5.75 Å². The third-order valence-electron chi connectivity index (χ3n) is 7.40. The first kappa shape index (κ1) is 20.5. The van der Waals surface area contributed by atoms with Gasteiger partial charge in [0.25, 0.3) is 0 Å². The van der Waals surface area contributed by atoms with Crippen molar-refractivity contribution in [3.8, 4) is 5.75 Å². The molecule has 0 amide bonds. The number of aromatic nitrogens is 1. The van der Waals surface area contributed by atoms with Gasteiger partial charge in [-0.25, -0.2) is 4.39 Å². The summed E-state index contributed by atoms with van der Waals surface area (Å²) in [4.78, 5) is 26.7. The number of aromatic hydroxyl groups is 1. The van der Waals surface area contributed by atoms with E-state index in [1.165, 1.54) is 12.1 Å². The molecular weight excluding hydrogens is 439 g/mol. The number of halogens is 1. The van der Waals surface area contributed by atoms with Crippen LogP contribution in [0.25, 0.3) is 0 Å². The van der Waals surface area contributed by atoms with Crippen molar-refractivity contribution >= 4 is 17.5 Å². The van der Waals surface area contributed by atoms with Gasteiger partial charge in [0.05, 0.1) is 11.5 Å². The summed E-state index contributed by atoms with van der Waals surface area (Å²) in [6.07, 6.45) is 3.03. The zero-order valence-electron chi connectivity index (χ0n) is 18.4. The molecule has 7 heteroatoms. The average molecular weight is 463 g/mol. The Balaban J connectivity index is 1.66. The standard InChI is InChI=1S/C26H23FN2O3S/c1-14-4-3-5-17-21(16-6-7-19(27)15(2)18(16)12-33-24(14)17)29-13-26(9-10-26)25(32)22-23(31)20(30)8-11-28(22)29/h3-8,11,21,31H,9-10,12-13H2,1-2H3. The number of ketones is 1. The number of hydrogen-bond acceptors (Lipinski definition) is 5. The summed E-state index contributed by atoms with van der Waals surface area (Å²) in [7, 11) is 0. The fourth-order valence-corrected chi connectivity index (χ4v) is 6.64. The highest BCUT2D eigenvalue weighted by Gasteiger charge is 2.56. The van der Waals surface area contributed by atoms with E-state index in [9.17, 15) is 19.1 Å². The quantitative estimate of drug-likeness (QED) is 0.572. The van der Waals surface area contributed by atoms with Crippen molar-refractivity contribution in [2.45, 2.75) is 43.4 Å². The molecule has 3 aromatic rings. The molecule has 33 heavy (non-hydrogen) atoms. The Morgan fingerprint density at radius 1 is 1.09 bits per heavy atom. The summed E-state index contributed by atoms with van der Waals surface area (Å²) >= 11 is 1.70. The molecule has 1 aliphatic carbocycles. The predicted octanol–water partition coefficient (Wildman–Crippen LogP) is 4.62. The smallest absolute Gasteiger partial charge is 0.224 e. The number of thioether (sulfide) groups is 1. The molecule has 2 aromatic carbocycles. The number of carbonyl (C=O) groups excluding carboxylic acids is 1. The van der Waals surface area contributed by atoms with Crippen LogP contribution in [-0.4, -0.2) is 22.1 Å². The van der Waals surface area contributed by atoms with Crippen molar-refractivity contribution in [2.24, 2.45) is 5.41 Å². The molecule has 2 aliphatic heterocycles. The number of aryl methyl sites for hydroxylation is 1. The van der Waals surface area contributed by atoms with Gasteiger partial charge in [-0.3, -0.25) is 19.3 Å². The van der Waals surface area contributed by atoms with Crippen LogP contribution < -0.4 is 10.4 Å². The summed E-state index contributed by atoms with van der Waals surface area (Å²) in [5, 5.41) is 12.7. The Morgan fingerprint density at radius 3 is 2.64 bits per heavy atom. The second kappa shape index (κ2) is 6.97. The van der Waals surface area contributed by atoms with Gasteiger partial charge in [0.15, 0.2) is 17.2 Å². The molecule has 6 rings (SSSR count). The average Bonchev–Trinajstić information content (AvgIpc) is 3.59. The summed E-state index contributed by atoms with van der Waals surface area (Å²) in [6.45, 7) is 4.36. The lowest BCUT2D eigenvalue weighted by Crippen LogP contribution is -2.51. The number of hydrogen-bond donors (Lipinski definition) is 1. The highest BCUT2D eigenvalue weighted by atomic mass is 32.2. The topological polar surface area (TPSA) is 62.5 Å². The van der Waals surface area contributed by atoms with Gasteiger partial charge in [0.1, 0.15) is 5.82 Å².